The molecule has 1 aromatic heterocycles. The van der Waals surface area contributed by atoms with Crippen molar-refractivity contribution in [3.63, 3.8) is 0 Å². The number of nitrogens with two attached hydrogens (primary N) is 1. The topological polar surface area (TPSA) is 85.8 Å². The Morgan fingerprint density at radius 1 is 0.968 bits per heavy atom. The smallest absolute Gasteiger partial charge is 0.224 e. The second-order valence-corrected chi connectivity index (χ2v) is 7.64. The number of nitrogens with one attached hydrogen (secondary N) is 1. The molecular formula is C25H25N5O. The van der Waals surface area contributed by atoms with E-state index in [2.05, 4.69) is 41.6 Å². The summed E-state index contributed by atoms with van der Waals surface area (Å²) in [5.41, 5.74) is 13.4. The molecule has 0 saturated heterocycles. The number of aryl methyl sites for hydroxylation is 3. The number of amides is 1. The molecule has 1 amide bonds. The summed E-state index contributed by atoms with van der Waals surface area (Å²) in [5, 5.41) is 11.3. The van der Waals surface area contributed by atoms with Crippen molar-refractivity contribution in [2.75, 3.05) is 11.1 Å². The summed E-state index contributed by atoms with van der Waals surface area (Å²) in [7, 11) is 0. The van der Waals surface area contributed by atoms with Crippen molar-refractivity contribution < 1.29 is 4.79 Å². The number of anilines is 2. The standard InChI is InChI=1S/C25H25N5O/c1-17-8-11-22(14-18(17)2)30-16-21(28-29-30)10-13-25(31)27-24-15-20(9-12-23(24)26)19-6-4-3-5-7-19/h3-9,11-12,14-16H,10,13,26H2,1-2H3,(H,27,31). The number of nitrogen functional groups attached to an aromatic ring is 1. The van der Waals surface area contributed by atoms with E-state index in [9.17, 15) is 4.79 Å². The summed E-state index contributed by atoms with van der Waals surface area (Å²) in [6.45, 7) is 4.15. The number of hydrogen-bond donors (Lipinski definition) is 2. The number of rotatable bonds is 6. The first-order valence-electron chi connectivity index (χ1n) is 10.2. The van der Waals surface area contributed by atoms with E-state index < -0.39 is 0 Å². The van der Waals surface area contributed by atoms with Crippen LogP contribution in [0.15, 0.2) is 72.9 Å². The fourth-order valence-corrected chi connectivity index (χ4v) is 3.34. The maximum Gasteiger partial charge on any atom is 0.224 e. The lowest BCUT2D eigenvalue weighted by atomic mass is 10.0. The third-order valence-electron chi connectivity index (χ3n) is 5.34. The highest BCUT2D eigenvalue weighted by Gasteiger charge is 2.10. The first kappa shape index (κ1) is 20.3. The lowest BCUT2D eigenvalue weighted by Gasteiger charge is -2.10. The highest BCUT2D eigenvalue weighted by Crippen LogP contribution is 2.27. The Hall–Kier alpha value is -3.93. The summed E-state index contributed by atoms with van der Waals surface area (Å²) >= 11 is 0. The third-order valence-corrected chi connectivity index (χ3v) is 5.34. The van der Waals surface area contributed by atoms with Gasteiger partial charge in [0, 0.05) is 12.8 Å². The van der Waals surface area contributed by atoms with Gasteiger partial charge in [-0.1, -0.05) is 47.7 Å². The first-order valence-corrected chi connectivity index (χ1v) is 10.2. The lowest BCUT2D eigenvalue weighted by Crippen LogP contribution is -2.13. The van der Waals surface area contributed by atoms with Crippen molar-refractivity contribution >= 4 is 17.3 Å². The molecule has 6 heteroatoms. The summed E-state index contributed by atoms with van der Waals surface area (Å²) in [5.74, 6) is -0.113. The normalized spacial score (nSPS) is 10.8. The van der Waals surface area contributed by atoms with Crippen molar-refractivity contribution in [1.29, 1.82) is 0 Å². The molecule has 31 heavy (non-hydrogen) atoms. The van der Waals surface area contributed by atoms with Gasteiger partial charge in [0.25, 0.3) is 0 Å². The molecule has 0 fully saturated rings. The minimum atomic E-state index is -0.113. The monoisotopic (exact) mass is 411 g/mol. The van der Waals surface area contributed by atoms with Gasteiger partial charge in [0.2, 0.25) is 5.91 Å². The van der Waals surface area contributed by atoms with Gasteiger partial charge in [-0.3, -0.25) is 4.79 Å². The molecular weight excluding hydrogens is 386 g/mol. The molecule has 0 saturated carbocycles. The number of aromatic nitrogens is 3. The summed E-state index contributed by atoms with van der Waals surface area (Å²) in [6, 6.07) is 21.8. The minimum Gasteiger partial charge on any atom is -0.397 e. The zero-order chi connectivity index (χ0) is 21.8. The Kier molecular flexibility index (Phi) is 5.80. The molecule has 3 aromatic carbocycles. The first-order chi connectivity index (χ1) is 15.0. The molecule has 6 nitrogen and oxygen atoms in total. The summed E-state index contributed by atoms with van der Waals surface area (Å²) in [4.78, 5) is 12.5. The zero-order valence-corrected chi connectivity index (χ0v) is 17.7. The second kappa shape index (κ2) is 8.83. The van der Waals surface area contributed by atoms with Gasteiger partial charge >= 0.3 is 0 Å². The van der Waals surface area contributed by atoms with Crippen LogP contribution in [0.25, 0.3) is 16.8 Å². The molecule has 0 spiro atoms. The SMILES string of the molecule is Cc1ccc(-n2cc(CCC(=O)Nc3cc(-c4ccccc4)ccc3N)nn2)cc1C. The lowest BCUT2D eigenvalue weighted by molar-refractivity contribution is -0.116. The van der Waals surface area contributed by atoms with E-state index in [1.54, 1.807) is 4.68 Å². The Labute approximate surface area is 181 Å². The zero-order valence-electron chi connectivity index (χ0n) is 17.7. The van der Waals surface area contributed by atoms with Crippen LogP contribution in [0.1, 0.15) is 23.2 Å². The Morgan fingerprint density at radius 3 is 2.55 bits per heavy atom. The van der Waals surface area contributed by atoms with Crippen LogP contribution in [0.2, 0.25) is 0 Å². The van der Waals surface area contributed by atoms with Crippen LogP contribution >= 0.6 is 0 Å². The van der Waals surface area contributed by atoms with Gasteiger partial charge in [-0.15, -0.1) is 5.10 Å². The number of carbonyl (C=O) groups excluding carboxylic acids is 1. The molecule has 156 valence electrons. The van der Waals surface area contributed by atoms with Crippen molar-refractivity contribution in [3.8, 4) is 16.8 Å². The van der Waals surface area contributed by atoms with Gasteiger partial charge in [0.1, 0.15) is 0 Å². The van der Waals surface area contributed by atoms with Crippen LogP contribution < -0.4 is 11.1 Å². The van der Waals surface area contributed by atoms with Crippen molar-refractivity contribution in [3.05, 3.63) is 89.7 Å². The summed E-state index contributed by atoms with van der Waals surface area (Å²) < 4.78 is 1.74. The minimum absolute atomic E-state index is 0.113. The Bertz CT molecular complexity index is 1210. The molecule has 0 aliphatic carbocycles. The molecule has 4 aromatic rings. The van der Waals surface area contributed by atoms with E-state index in [1.807, 2.05) is 60.8 Å². The number of benzene rings is 3. The van der Waals surface area contributed by atoms with Crippen molar-refractivity contribution in [1.82, 2.24) is 15.0 Å². The van der Waals surface area contributed by atoms with Gasteiger partial charge < -0.3 is 11.1 Å². The van der Waals surface area contributed by atoms with Crippen molar-refractivity contribution in [2.24, 2.45) is 0 Å². The molecule has 4 rings (SSSR count). The Balaban J connectivity index is 1.40. The maximum atomic E-state index is 12.5. The predicted molar refractivity (Wildman–Crippen MR) is 124 cm³/mol. The van der Waals surface area contributed by atoms with E-state index >= 15 is 0 Å². The van der Waals surface area contributed by atoms with Gasteiger partial charge in [0.05, 0.1) is 29.0 Å². The van der Waals surface area contributed by atoms with Gasteiger partial charge in [-0.05, 0) is 60.4 Å². The van der Waals surface area contributed by atoms with Gasteiger partial charge in [-0.2, -0.15) is 0 Å². The van der Waals surface area contributed by atoms with Crippen LogP contribution in [0, 0.1) is 13.8 Å². The average Bonchev–Trinajstić information content (AvgIpc) is 3.25. The van der Waals surface area contributed by atoms with E-state index in [0.29, 0.717) is 24.2 Å². The highest BCUT2D eigenvalue weighted by atomic mass is 16.1. The average molecular weight is 412 g/mol. The number of hydrogen-bond acceptors (Lipinski definition) is 4. The van der Waals surface area contributed by atoms with Crippen LogP contribution in [0.5, 0.6) is 0 Å². The molecule has 0 aliphatic heterocycles. The molecule has 0 bridgehead atoms. The van der Waals surface area contributed by atoms with E-state index in [1.165, 1.54) is 11.1 Å². The molecule has 0 aliphatic rings. The van der Waals surface area contributed by atoms with Gasteiger partial charge in [-0.25, -0.2) is 4.68 Å². The third kappa shape index (κ3) is 4.80. The number of carbonyl (C=O) groups is 1. The molecule has 0 atom stereocenters. The van der Waals surface area contributed by atoms with Gasteiger partial charge in [0.15, 0.2) is 0 Å². The van der Waals surface area contributed by atoms with E-state index in [0.717, 1.165) is 22.5 Å². The fraction of sp³-hybridized carbons (Fsp3) is 0.160. The highest BCUT2D eigenvalue weighted by molar-refractivity contribution is 5.95. The van der Waals surface area contributed by atoms with Crippen LogP contribution in [0.3, 0.4) is 0 Å². The molecule has 0 radical (unpaired) electrons. The summed E-state index contributed by atoms with van der Waals surface area (Å²) in [6.07, 6.45) is 2.65. The van der Waals surface area contributed by atoms with E-state index in [-0.39, 0.29) is 5.91 Å². The van der Waals surface area contributed by atoms with Crippen LogP contribution in [-0.2, 0) is 11.2 Å². The fourth-order valence-electron chi connectivity index (χ4n) is 3.34. The van der Waals surface area contributed by atoms with Crippen LogP contribution in [-0.4, -0.2) is 20.9 Å². The predicted octanol–water partition coefficient (Wildman–Crippen LogP) is 4.70. The van der Waals surface area contributed by atoms with E-state index in [4.69, 9.17) is 5.73 Å². The molecule has 1 heterocycles. The largest absolute Gasteiger partial charge is 0.397 e. The second-order valence-electron chi connectivity index (χ2n) is 7.64. The Morgan fingerprint density at radius 2 is 1.77 bits per heavy atom. The number of nitrogens with zero attached hydrogens (tertiary/aromatic N) is 3. The van der Waals surface area contributed by atoms with Crippen molar-refractivity contribution in [2.45, 2.75) is 26.7 Å². The molecule has 3 N–H and O–H groups in total. The maximum absolute atomic E-state index is 12.5. The quantitative estimate of drug-likeness (QED) is 0.450. The van der Waals surface area contributed by atoms with Crippen LogP contribution in [0.4, 0.5) is 11.4 Å². The molecule has 0 unspecified atom stereocenters.